The number of aromatic nitrogens is 2. The minimum Gasteiger partial charge on any atom is -0.357 e. The Balaban J connectivity index is 1.26. The van der Waals surface area contributed by atoms with Gasteiger partial charge in [0.25, 0.3) is 11.8 Å². The number of imide groups is 1. The van der Waals surface area contributed by atoms with E-state index in [1.54, 1.807) is 24.3 Å². The average Bonchev–Trinajstić information content (AvgIpc) is 3.03. The number of anilines is 1. The van der Waals surface area contributed by atoms with E-state index < -0.39 is 0 Å². The third-order valence-corrected chi connectivity index (χ3v) is 5.67. The molecule has 1 aromatic carbocycles. The van der Waals surface area contributed by atoms with Gasteiger partial charge in [-0.05, 0) is 44.7 Å². The average molecular weight is 422 g/mol. The molecule has 3 heterocycles. The molecule has 1 fully saturated rings. The number of amides is 3. The summed E-state index contributed by atoms with van der Waals surface area (Å²) in [6.45, 7) is 4.41. The Morgan fingerprint density at radius 3 is 2.39 bits per heavy atom. The number of nitrogens with zero attached hydrogens (tertiary/aromatic N) is 4. The zero-order chi connectivity index (χ0) is 21.8. The lowest BCUT2D eigenvalue weighted by Gasteiger charge is -2.28. The zero-order valence-electron chi connectivity index (χ0n) is 17.8. The summed E-state index contributed by atoms with van der Waals surface area (Å²) in [4.78, 5) is 49.6. The van der Waals surface area contributed by atoms with Gasteiger partial charge in [-0.15, -0.1) is 0 Å². The second-order valence-electron chi connectivity index (χ2n) is 8.02. The number of nitrogens with one attached hydrogen (secondary N) is 1. The van der Waals surface area contributed by atoms with Crippen LogP contribution in [0.3, 0.4) is 0 Å². The molecule has 1 N–H and O–H groups in total. The summed E-state index contributed by atoms with van der Waals surface area (Å²) >= 11 is 0. The summed E-state index contributed by atoms with van der Waals surface area (Å²) in [7, 11) is 0. The predicted octanol–water partition coefficient (Wildman–Crippen LogP) is 2.47. The van der Waals surface area contributed by atoms with Gasteiger partial charge < -0.3 is 10.2 Å². The standard InChI is InChI=1S/C23H27N5O3/c1-16-14-20(27-11-5-2-6-12-27)26-19(25-16)15-24-21(29)10-7-13-28-22(30)17-8-3-4-9-18(17)23(28)31/h3-4,8-9,14H,2,5-7,10-13,15H2,1H3,(H,24,29). The summed E-state index contributed by atoms with van der Waals surface area (Å²) in [5.41, 5.74) is 1.74. The highest BCUT2D eigenvalue weighted by Crippen LogP contribution is 2.22. The zero-order valence-corrected chi connectivity index (χ0v) is 17.8. The number of hydrogen-bond acceptors (Lipinski definition) is 6. The molecule has 0 radical (unpaired) electrons. The van der Waals surface area contributed by atoms with Crippen molar-refractivity contribution in [2.45, 2.75) is 45.6 Å². The van der Waals surface area contributed by atoms with Crippen LogP contribution >= 0.6 is 0 Å². The molecule has 2 aliphatic rings. The van der Waals surface area contributed by atoms with E-state index >= 15 is 0 Å². The molecular formula is C23H27N5O3. The minimum atomic E-state index is -0.292. The maximum Gasteiger partial charge on any atom is 0.261 e. The van der Waals surface area contributed by atoms with E-state index in [2.05, 4.69) is 20.2 Å². The molecule has 0 saturated carbocycles. The van der Waals surface area contributed by atoms with Crippen molar-refractivity contribution in [3.05, 3.63) is 53.0 Å². The molecule has 4 rings (SSSR count). The number of carbonyl (C=O) groups is 3. The molecule has 31 heavy (non-hydrogen) atoms. The van der Waals surface area contributed by atoms with Crippen molar-refractivity contribution in [2.75, 3.05) is 24.5 Å². The SMILES string of the molecule is Cc1cc(N2CCCCC2)nc(CNC(=O)CCCN2C(=O)c3ccccc3C2=O)n1. The van der Waals surface area contributed by atoms with E-state index in [-0.39, 0.29) is 37.2 Å². The van der Waals surface area contributed by atoms with Crippen LogP contribution < -0.4 is 10.2 Å². The predicted molar refractivity (Wildman–Crippen MR) is 116 cm³/mol. The van der Waals surface area contributed by atoms with Gasteiger partial charge in [0.05, 0.1) is 17.7 Å². The van der Waals surface area contributed by atoms with Crippen molar-refractivity contribution in [3.8, 4) is 0 Å². The van der Waals surface area contributed by atoms with Gasteiger partial charge in [0, 0.05) is 37.8 Å². The Labute approximate surface area is 181 Å². The first-order valence-electron chi connectivity index (χ1n) is 10.8. The van der Waals surface area contributed by atoms with E-state index in [0.29, 0.717) is 23.4 Å². The third-order valence-electron chi connectivity index (χ3n) is 5.67. The van der Waals surface area contributed by atoms with Gasteiger partial charge in [0.1, 0.15) is 11.6 Å². The van der Waals surface area contributed by atoms with Crippen LogP contribution in [0.4, 0.5) is 5.82 Å². The van der Waals surface area contributed by atoms with Crippen LogP contribution in [0.25, 0.3) is 0 Å². The second-order valence-corrected chi connectivity index (χ2v) is 8.02. The number of carbonyl (C=O) groups excluding carboxylic acids is 3. The maximum atomic E-state index is 12.4. The van der Waals surface area contributed by atoms with Crippen LogP contribution in [0.15, 0.2) is 30.3 Å². The quantitative estimate of drug-likeness (QED) is 0.690. The summed E-state index contributed by atoms with van der Waals surface area (Å²) in [5.74, 6) is 0.774. The summed E-state index contributed by atoms with van der Waals surface area (Å²) < 4.78 is 0. The first-order valence-corrected chi connectivity index (χ1v) is 10.8. The Morgan fingerprint density at radius 1 is 1.03 bits per heavy atom. The first kappa shape index (κ1) is 21.0. The molecule has 1 aromatic heterocycles. The number of fused-ring (bicyclic) bond motifs is 1. The minimum absolute atomic E-state index is 0.152. The van der Waals surface area contributed by atoms with Crippen molar-refractivity contribution in [2.24, 2.45) is 0 Å². The van der Waals surface area contributed by atoms with E-state index in [0.717, 1.165) is 24.6 Å². The first-order chi connectivity index (χ1) is 15.0. The molecule has 0 atom stereocenters. The van der Waals surface area contributed by atoms with Crippen molar-refractivity contribution >= 4 is 23.5 Å². The fourth-order valence-electron chi connectivity index (χ4n) is 4.08. The van der Waals surface area contributed by atoms with Crippen LogP contribution in [0, 0.1) is 6.92 Å². The lowest BCUT2D eigenvalue weighted by molar-refractivity contribution is -0.121. The van der Waals surface area contributed by atoms with Gasteiger partial charge in [-0.3, -0.25) is 19.3 Å². The summed E-state index contributed by atoms with van der Waals surface area (Å²) in [6.07, 6.45) is 4.22. The molecule has 2 aliphatic heterocycles. The highest BCUT2D eigenvalue weighted by molar-refractivity contribution is 6.21. The van der Waals surface area contributed by atoms with E-state index in [9.17, 15) is 14.4 Å². The molecule has 2 aromatic rings. The smallest absolute Gasteiger partial charge is 0.261 e. The summed E-state index contributed by atoms with van der Waals surface area (Å²) in [5, 5.41) is 2.85. The van der Waals surface area contributed by atoms with Crippen molar-refractivity contribution in [1.29, 1.82) is 0 Å². The van der Waals surface area contributed by atoms with Gasteiger partial charge >= 0.3 is 0 Å². The molecular weight excluding hydrogens is 394 g/mol. The molecule has 3 amide bonds. The van der Waals surface area contributed by atoms with Gasteiger partial charge in [-0.1, -0.05) is 12.1 Å². The maximum absolute atomic E-state index is 12.4. The Bertz CT molecular complexity index is 965. The highest BCUT2D eigenvalue weighted by atomic mass is 16.2. The van der Waals surface area contributed by atoms with Crippen molar-refractivity contribution in [1.82, 2.24) is 20.2 Å². The van der Waals surface area contributed by atoms with E-state index in [1.807, 2.05) is 13.0 Å². The molecule has 0 spiro atoms. The summed E-state index contributed by atoms with van der Waals surface area (Å²) in [6, 6.07) is 8.78. The lowest BCUT2D eigenvalue weighted by atomic mass is 10.1. The highest BCUT2D eigenvalue weighted by Gasteiger charge is 2.34. The van der Waals surface area contributed by atoms with Crippen molar-refractivity contribution < 1.29 is 14.4 Å². The van der Waals surface area contributed by atoms with Gasteiger partial charge in [-0.25, -0.2) is 9.97 Å². The largest absolute Gasteiger partial charge is 0.357 e. The monoisotopic (exact) mass is 421 g/mol. The molecule has 0 aliphatic carbocycles. The molecule has 162 valence electrons. The molecule has 8 heteroatoms. The third kappa shape index (κ3) is 4.73. The van der Waals surface area contributed by atoms with Crippen LogP contribution in [0.2, 0.25) is 0 Å². The fourth-order valence-corrected chi connectivity index (χ4v) is 4.08. The van der Waals surface area contributed by atoms with Crippen LogP contribution in [0.5, 0.6) is 0 Å². The number of aryl methyl sites for hydroxylation is 1. The normalized spacial score (nSPS) is 15.9. The lowest BCUT2D eigenvalue weighted by Crippen LogP contribution is -2.32. The van der Waals surface area contributed by atoms with Gasteiger partial charge in [-0.2, -0.15) is 0 Å². The second kappa shape index (κ2) is 9.24. The molecule has 1 saturated heterocycles. The van der Waals surface area contributed by atoms with Gasteiger partial charge in [0.15, 0.2) is 0 Å². The van der Waals surface area contributed by atoms with Crippen LogP contribution in [-0.2, 0) is 11.3 Å². The fraction of sp³-hybridized carbons (Fsp3) is 0.435. The van der Waals surface area contributed by atoms with Gasteiger partial charge in [0.2, 0.25) is 5.91 Å². The van der Waals surface area contributed by atoms with E-state index in [4.69, 9.17) is 0 Å². The van der Waals surface area contributed by atoms with E-state index in [1.165, 1.54) is 24.2 Å². The topological polar surface area (TPSA) is 95.5 Å². The van der Waals surface area contributed by atoms with Crippen LogP contribution in [-0.4, -0.2) is 52.2 Å². The number of benzene rings is 1. The number of piperidine rings is 1. The Kier molecular flexibility index (Phi) is 6.25. The number of rotatable bonds is 7. The Morgan fingerprint density at radius 2 is 1.71 bits per heavy atom. The Hall–Kier alpha value is -3.29. The van der Waals surface area contributed by atoms with Crippen molar-refractivity contribution in [3.63, 3.8) is 0 Å². The molecule has 8 nitrogen and oxygen atoms in total. The number of hydrogen-bond donors (Lipinski definition) is 1. The van der Waals surface area contributed by atoms with Crippen LogP contribution in [0.1, 0.15) is 64.3 Å². The molecule has 0 unspecified atom stereocenters. The molecule has 0 bridgehead atoms.